The van der Waals surface area contributed by atoms with E-state index in [0.717, 1.165) is 5.56 Å². The number of benzene rings is 3. The summed E-state index contributed by atoms with van der Waals surface area (Å²) in [5.41, 5.74) is 2.77. The van der Waals surface area contributed by atoms with Gasteiger partial charge in [0, 0.05) is 24.9 Å². The Hall–Kier alpha value is -5.18. The van der Waals surface area contributed by atoms with Crippen molar-refractivity contribution in [3.8, 4) is 0 Å². The number of carboxylic acids is 1. The maximum Gasteiger partial charge on any atom is 0.329 e. The van der Waals surface area contributed by atoms with Crippen LogP contribution in [-0.4, -0.2) is 76.9 Å². The lowest BCUT2D eigenvalue weighted by atomic mass is 10.0. The number of allylic oxidation sites excluding steroid dienone is 2. The molecule has 1 fully saturated rings. The van der Waals surface area contributed by atoms with Crippen molar-refractivity contribution in [1.82, 2.24) is 9.80 Å². The second-order valence-electron chi connectivity index (χ2n) is 10.0. The minimum atomic E-state index is -1.23. The standard InChI is InChI=1S/C32H29N5O4/c38-30(39)29-22-34(31(40)36(24-12-3-1-4-13-24)25-14-5-2-6-15-25)19-20-35(29)32(41)37-27-17-9-7-11-23(27)21-33-26-16-8-10-18-28(26)37/h1-18,21,26,28-29H,19-20,22H2,(H,38,39)/t26?,28?,29-/m0/s1. The lowest BCUT2D eigenvalue weighted by Crippen LogP contribution is -2.64. The Bertz CT molecular complexity index is 1500. The van der Waals surface area contributed by atoms with Crippen LogP contribution in [0, 0.1) is 0 Å². The number of hydrogen-bond acceptors (Lipinski definition) is 4. The van der Waals surface area contributed by atoms with E-state index in [4.69, 9.17) is 0 Å². The maximum atomic E-state index is 14.3. The molecule has 3 aliphatic rings. The first kappa shape index (κ1) is 26.1. The number of hydrogen-bond donors (Lipinski definition) is 1. The zero-order valence-corrected chi connectivity index (χ0v) is 22.2. The van der Waals surface area contributed by atoms with Crippen LogP contribution in [0.3, 0.4) is 0 Å². The third kappa shape index (κ3) is 4.98. The summed E-state index contributed by atoms with van der Waals surface area (Å²) in [6.45, 7) is 0.0989. The normalized spacial score (nSPS) is 21.1. The zero-order valence-electron chi connectivity index (χ0n) is 22.2. The van der Waals surface area contributed by atoms with Gasteiger partial charge < -0.3 is 14.9 Å². The van der Waals surface area contributed by atoms with Crippen molar-refractivity contribution in [1.29, 1.82) is 0 Å². The minimum Gasteiger partial charge on any atom is -0.480 e. The van der Waals surface area contributed by atoms with Crippen LogP contribution in [0.4, 0.5) is 26.7 Å². The Labute approximate surface area is 237 Å². The summed E-state index contributed by atoms with van der Waals surface area (Å²) in [6, 6.07) is 23.2. The summed E-state index contributed by atoms with van der Waals surface area (Å²) in [5, 5.41) is 10.3. The smallest absolute Gasteiger partial charge is 0.329 e. The molecule has 206 valence electrons. The Morgan fingerprint density at radius 3 is 2.12 bits per heavy atom. The van der Waals surface area contributed by atoms with Crippen molar-refractivity contribution in [3.05, 3.63) is 115 Å². The minimum absolute atomic E-state index is 0.0649. The molecule has 1 saturated heterocycles. The largest absolute Gasteiger partial charge is 0.480 e. The number of fused-ring (bicyclic) bond motifs is 2. The number of carboxylic acid groups (broad SMARTS) is 1. The molecule has 2 aliphatic heterocycles. The first-order valence-corrected chi connectivity index (χ1v) is 13.5. The average molecular weight is 548 g/mol. The van der Waals surface area contributed by atoms with E-state index >= 15 is 0 Å². The van der Waals surface area contributed by atoms with E-state index < -0.39 is 24.1 Å². The highest BCUT2D eigenvalue weighted by Gasteiger charge is 2.43. The fraction of sp³-hybridized carbons (Fsp3) is 0.188. The highest BCUT2D eigenvalue weighted by Crippen LogP contribution is 2.32. The predicted octanol–water partition coefficient (Wildman–Crippen LogP) is 4.94. The van der Waals surface area contributed by atoms with Crippen molar-refractivity contribution >= 4 is 41.3 Å². The number of piperazine rings is 1. The van der Waals surface area contributed by atoms with E-state index in [1.165, 1.54) is 9.80 Å². The third-order valence-corrected chi connectivity index (χ3v) is 7.57. The summed E-state index contributed by atoms with van der Waals surface area (Å²) in [7, 11) is 0. The number of amides is 4. The molecule has 0 saturated carbocycles. The van der Waals surface area contributed by atoms with Crippen molar-refractivity contribution < 1.29 is 19.5 Å². The average Bonchev–Trinajstić information content (AvgIpc) is 3.18. The molecular weight excluding hydrogens is 518 g/mol. The molecule has 1 N–H and O–H groups in total. The van der Waals surface area contributed by atoms with E-state index in [0.29, 0.717) is 17.1 Å². The number of para-hydroxylation sites is 3. The van der Waals surface area contributed by atoms with Crippen LogP contribution in [0.25, 0.3) is 0 Å². The quantitative estimate of drug-likeness (QED) is 0.503. The third-order valence-electron chi connectivity index (χ3n) is 7.57. The summed E-state index contributed by atoms with van der Waals surface area (Å²) in [5.74, 6) is -1.17. The predicted molar refractivity (Wildman–Crippen MR) is 158 cm³/mol. The van der Waals surface area contributed by atoms with Crippen molar-refractivity contribution in [2.24, 2.45) is 4.99 Å². The van der Waals surface area contributed by atoms with Gasteiger partial charge in [0.1, 0.15) is 6.04 Å². The molecule has 41 heavy (non-hydrogen) atoms. The SMILES string of the molecule is O=C(O)[C@@H]1CN(C(=O)N(c2ccccc2)c2ccccc2)CCN1C(=O)N1c2ccccc2C=NC2C=CC=CC21. The highest BCUT2D eigenvalue weighted by molar-refractivity contribution is 6.03. The Kier molecular flexibility index (Phi) is 7.08. The van der Waals surface area contributed by atoms with Crippen LogP contribution >= 0.6 is 0 Å². The molecule has 6 rings (SSSR count). The van der Waals surface area contributed by atoms with E-state index in [2.05, 4.69) is 4.99 Å². The van der Waals surface area contributed by atoms with Crippen LogP contribution in [-0.2, 0) is 4.79 Å². The molecule has 9 nitrogen and oxygen atoms in total. The summed E-state index contributed by atoms with van der Waals surface area (Å²) in [6.07, 6.45) is 9.37. The molecule has 3 atom stereocenters. The van der Waals surface area contributed by atoms with Crippen molar-refractivity contribution in [3.63, 3.8) is 0 Å². The number of nitrogens with zero attached hydrogens (tertiary/aromatic N) is 5. The highest BCUT2D eigenvalue weighted by atomic mass is 16.4. The molecule has 1 aliphatic carbocycles. The molecule has 3 aromatic carbocycles. The molecule has 2 unspecified atom stereocenters. The van der Waals surface area contributed by atoms with Gasteiger partial charge in [-0.05, 0) is 30.3 Å². The van der Waals surface area contributed by atoms with Crippen LogP contribution in [0.1, 0.15) is 5.56 Å². The van der Waals surface area contributed by atoms with E-state index in [1.54, 1.807) is 16.0 Å². The molecule has 0 radical (unpaired) electrons. The van der Waals surface area contributed by atoms with Gasteiger partial charge in [-0.25, -0.2) is 14.4 Å². The Morgan fingerprint density at radius 2 is 1.44 bits per heavy atom. The Balaban J connectivity index is 1.30. The number of rotatable bonds is 3. The molecule has 0 bridgehead atoms. The van der Waals surface area contributed by atoms with E-state index in [1.807, 2.05) is 109 Å². The fourth-order valence-electron chi connectivity index (χ4n) is 5.53. The van der Waals surface area contributed by atoms with Gasteiger partial charge in [0.15, 0.2) is 0 Å². The number of urea groups is 2. The van der Waals surface area contributed by atoms with Crippen LogP contribution in [0.2, 0.25) is 0 Å². The topological polar surface area (TPSA) is 96.8 Å². The number of carbonyl (C=O) groups is 3. The first-order valence-electron chi connectivity index (χ1n) is 13.5. The van der Waals surface area contributed by atoms with Crippen LogP contribution < -0.4 is 9.80 Å². The van der Waals surface area contributed by atoms with Gasteiger partial charge in [-0.1, -0.05) is 78.9 Å². The molecule has 3 aromatic rings. The molecule has 2 heterocycles. The van der Waals surface area contributed by atoms with Gasteiger partial charge in [-0.2, -0.15) is 0 Å². The van der Waals surface area contributed by atoms with Crippen LogP contribution in [0.5, 0.6) is 0 Å². The fourth-order valence-corrected chi connectivity index (χ4v) is 5.53. The molecular formula is C32H29N5O4. The van der Waals surface area contributed by atoms with Gasteiger partial charge in [-0.3, -0.25) is 14.8 Å². The number of carbonyl (C=O) groups excluding carboxylic acids is 2. The van der Waals surface area contributed by atoms with Gasteiger partial charge >= 0.3 is 18.0 Å². The Morgan fingerprint density at radius 1 is 0.805 bits per heavy atom. The number of anilines is 3. The van der Waals surface area contributed by atoms with Crippen molar-refractivity contribution in [2.75, 3.05) is 29.4 Å². The van der Waals surface area contributed by atoms with Crippen molar-refractivity contribution in [2.45, 2.75) is 18.1 Å². The molecule has 0 spiro atoms. The van der Waals surface area contributed by atoms with Crippen LogP contribution in [0.15, 0.2) is 114 Å². The van der Waals surface area contributed by atoms with E-state index in [-0.39, 0.29) is 31.7 Å². The summed E-state index contributed by atoms with van der Waals surface area (Å²) < 4.78 is 0. The maximum absolute atomic E-state index is 14.3. The monoisotopic (exact) mass is 547 g/mol. The van der Waals surface area contributed by atoms with Gasteiger partial charge in [0.05, 0.1) is 35.7 Å². The number of aliphatic imine (C=N–C) groups is 1. The molecule has 9 heteroatoms. The first-order chi connectivity index (χ1) is 20.0. The van der Waals surface area contributed by atoms with E-state index in [9.17, 15) is 19.5 Å². The van der Waals surface area contributed by atoms with Gasteiger partial charge in [-0.15, -0.1) is 0 Å². The second kappa shape index (κ2) is 11.1. The zero-order chi connectivity index (χ0) is 28.3. The molecule has 0 aromatic heterocycles. The number of aliphatic carboxylic acids is 1. The van der Waals surface area contributed by atoms with Gasteiger partial charge in [0.25, 0.3) is 0 Å². The van der Waals surface area contributed by atoms with Gasteiger partial charge in [0.2, 0.25) is 0 Å². The lowest BCUT2D eigenvalue weighted by molar-refractivity contribution is -0.143. The second-order valence-corrected chi connectivity index (χ2v) is 10.0. The summed E-state index contributed by atoms with van der Waals surface area (Å²) >= 11 is 0. The summed E-state index contributed by atoms with van der Waals surface area (Å²) in [4.78, 5) is 51.6. The molecule has 4 amide bonds. The lowest BCUT2D eigenvalue weighted by Gasteiger charge is -2.44.